The Balaban J connectivity index is 1.42. The van der Waals surface area contributed by atoms with E-state index < -0.39 is 24.0 Å². The van der Waals surface area contributed by atoms with Crippen LogP contribution in [0.15, 0.2) is 24.5 Å². The molecule has 2 aromatic rings. The first-order valence-corrected chi connectivity index (χ1v) is 8.88. The average molecular weight is 385 g/mol. The maximum absolute atomic E-state index is 13.3. The van der Waals surface area contributed by atoms with Gasteiger partial charge in [-0.2, -0.15) is 5.10 Å². The highest BCUT2D eigenvalue weighted by molar-refractivity contribution is 6.30. The first-order chi connectivity index (χ1) is 12.4. The fourth-order valence-electron chi connectivity index (χ4n) is 3.46. The van der Waals surface area contributed by atoms with Crippen LogP contribution in [0.1, 0.15) is 24.3 Å². The van der Waals surface area contributed by atoms with Crippen molar-refractivity contribution in [2.75, 3.05) is 24.6 Å². The standard InChI is InChI=1S/C17H19ClF2N4O2/c1-2-26-16(25)11-5-21-24(7-11)6-10-3-4-14(22-15(10)18)23-8-12-13(9-23)17(12,19)20/h3-5,7,12-13,16,25H,2,6,8-9H2,1H3/t12?,13?,16-/m0/s1. The van der Waals surface area contributed by atoms with Crippen molar-refractivity contribution in [1.29, 1.82) is 0 Å². The molecule has 0 spiro atoms. The van der Waals surface area contributed by atoms with Crippen LogP contribution in [0.2, 0.25) is 5.15 Å². The molecular weight excluding hydrogens is 366 g/mol. The van der Waals surface area contributed by atoms with Crippen LogP contribution in [0.4, 0.5) is 14.6 Å². The van der Waals surface area contributed by atoms with Crippen molar-refractivity contribution in [3.63, 3.8) is 0 Å². The number of hydrogen-bond acceptors (Lipinski definition) is 5. The second-order valence-corrected chi connectivity index (χ2v) is 7.05. The van der Waals surface area contributed by atoms with Gasteiger partial charge in [0.05, 0.1) is 24.6 Å². The zero-order valence-electron chi connectivity index (χ0n) is 14.1. The van der Waals surface area contributed by atoms with Crippen molar-refractivity contribution in [1.82, 2.24) is 14.8 Å². The highest BCUT2D eigenvalue weighted by Crippen LogP contribution is 2.59. The summed E-state index contributed by atoms with van der Waals surface area (Å²) in [5, 5.41) is 14.3. The van der Waals surface area contributed by atoms with Gasteiger partial charge < -0.3 is 14.7 Å². The zero-order chi connectivity index (χ0) is 18.5. The van der Waals surface area contributed by atoms with Crippen LogP contribution in [0, 0.1) is 11.8 Å². The molecule has 0 bridgehead atoms. The number of piperidine rings is 1. The number of pyridine rings is 1. The summed E-state index contributed by atoms with van der Waals surface area (Å²) in [4.78, 5) is 6.21. The van der Waals surface area contributed by atoms with Gasteiger partial charge in [0.25, 0.3) is 5.92 Å². The van der Waals surface area contributed by atoms with Crippen molar-refractivity contribution in [3.05, 3.63) is 40.8 Å². The predicted molar refractivity (Wildman–Crippen MR) is 91.3 cm³/mol. The molecule has 2 aliphatic rings. The Hall–Kier alpha value is -1.77. The van der Waals surface area contributed by atoms with E-state index in [0.717, 1.165) is 5.56 Å². The van der Waals surface area contributed by atoms with Crippen LogP contribution in [-0.2, 0) is 11.3 Å². The number of alkyl halides is 2. The summed E-state index contributed by atoms with van der Waals surface area (Å²) < 4.78 is 33.4. The number of aliphatic hydroxyl groups excluding tert-OH is 1. The van der Waals surface area contributed by atoms with Crippen LogP contribution in [0.5, 0.6) is 0 Å². The average Bonchev–Trinajstić information content (AvgIpc) is 3.05. The minimum atomic E-state index is -2.51. The third-order valence-electron chi connectivity index (χ3n) is 5.03. The number of aliphatic hydroxyl groups is 1. The summed E-state index contributed by atoms with van der Waals surface area (Å²) in [6, 6.07) is 3.62. The van der Waals surface area contributed by atoms with Gasteiger partial charge in [-0.05, 0) is 13.0 Å². The zero-order valence-corrected chi connectivity index (χ0v) is 14.9. The topological polar surface area (TPSA) is 63.4 Å². The number of ether oxygens (including phenoxy) is 1. The smallest absolute Gasteiger partial charge is 0.258 e. The highest BCUT2D eigenvalue weighted by atomic mass is 35.5. The van der Waals surface area contributed by atoms with E-state index in [1.54, 1.807) is 23.9 Å². The number of rotatable bonds is 6. The fourth-order valence-corrected chi connectivity index (χ4v) is 3.67. The molecule has 3 atom stereocenters. The van der Waals surface area contributed by atoms with Crippen molar-refractivity contribution in [3.8, 4) is 0 Å². The maximum Gasteiger partial charge on any atom is 0.258 e. The largest absolute Gasteiger partial charge is 0.364 e. The summed E-state index contributed by atoms with van der Waals surface area (Å²) in [5.74, 6) is -3.00. The minimum Gasteiger partial charge on any atom is -0.364 e. The second kappa shape index (κ2) is 6.44. The summed E-state index contributed by atoms with van der Waals surface area (Å²) in [6.07, 6.45) is 2.21. The number of fused-ring (bicyclic) bond motifs is 1. The number of nitrogens with zero attached hydrogens (tertiary/aromatic N) is 4. The summed E-state index contributed by atoms with van der Waals surface area (Å²) in [5.41, 5.74) is 1.32. The van der Waals surface area contributed by atoms with Gasteiger partial charge >= 0.3 is 0 Å². The van der Waals surface area contributed by atoms with E-state index in [9.17, 15) is 13.9 Å². The first-order valence-electron chi connectivity index (χ1n) is 8.50. The van der Waals surface area contributed by atoms with Crippen molar-refractivity contribution < 1.29 is 18.6 Å². The quantitative estimate of drug-likeness (QED) is 0.613. The molecule has 2 unspecified atom stereocenters. The SMILES string of the molecule is CCO[C@H](O)c1cnn(Cc2ccc(N3CC4C(C3)C4(F)F)nc2Cl)c1. The highest BCUT2D eigenvalue weighted by Gasteiger charge is 2.71. The lowest BCUT2D eigenvalue weighted by atomic mass is 10.2. The Bertz CT molecular complexity index is 802. The van der Waals surface area contributed by atoms with Gasteiger partial charge in [0.1, 0.15) is 11.0 Å². The van der Waals surface area contributed by atoms with Gasteiger partial charge in [0.2, 0.25) is 0 Å². The molecule has 3 heterocycles. The molecule has 4 rings (SSSR count). The molecule has 6 nitrogen and oxygen atoms in total. The summed E-state index contributed by atoms with van der Waals surface area (Å²) >= 11 is 6.28. The Morgan fingerprint density at radius 1 is 1.38 bits per heavy atom. The number of anilines is 1. The molecule has 1 N–H and O–H groups in total. The van der Waals surface area contributed by atoms with Crippen LogP contribution in [0.25, 0.3) is 0 Å². The monoisotopic (exact) mass is 384 g/mol. The lowest BCUT2D eigenvalue weighted by molar-refractivity contribution is -0.0980. The molecule has 26 heavy (non-hydrogen) atoms. The second-order valence-electron chi connectivity index (χ2n) is 6.69. The van der Waals surface area contributed by atoms with Gasteiger partial charge in [0, 0.05) is 37.0 Å². The van der Waals surface area contributed by atoms with E-state index in [1.165, 1.54) is 6.20 Å². The van der Waals surface area contributed by atoms with Gasteiger partial charge in [-0.1, -0.05) is 17.7 Å². The van der Waals surface area contributed by atoms with E-state index >= 15 is 0 Å². The van der Waals surface area contributed by atoms with Crippen LogP contribution < -0.4 is 4.90 Å². The van der Waals surface area contributed by atoms with E-state index in [4.69, 9.17) is 16.3 Å². The predicted octanol–water partition coefficient (Wildman–Crippen LogP) is 2.71. The van der Waals surface area contributed by atoms with E-state index in [1.807, 2.05) is 11.0 Å². The van der Waals surface area contributed by atoms with Crippen LogP contribution in [0.3, 0.4) is 0 Å². The van der Waals surface area contributed by atoms with Crippen molar-refractivity contribution >= 4 is 17.4 Å². The van der Waals surface area contributed by atoms with Crippen molar-refractivity contribution in [2.45, 2.75) is 25.7 Å². The molecular formula is C17H19ClF2N4O2. The normalized spacial score (nSPS) is 24.6. The molecule has 1 aliphatic heterocycles. The first kappa shape index (κ1) is 17.6. The third kappa shape index (κ3) is 3.06. The molecule has 1 saturated heterocycles. The lowest BCUT2D eigenvalue weighted by Gasteiger charge is -2.21. The third-order valence-corrected chi connectivity index (χ3v) is 5.36. The molecule has 140 valence electrons. The van der Waals surface area contributed by atoms with E-state index in [-0.39, 0.29) is 0 Å². The molecule has 0 aromatic carbocycles. The molecule has 1 aliphatic carbocycles. The Morgan fingerprint density at radius 3 is 2.77 bits per heavy atom. The van der Waals surface area contributed by atoms with Gasteiger partial charge in [0.15, 0.2) is 6.29 Å². The van der Waals surface area contributed by atoms with Gasteiger partial charge in [-0.3, -0.25) is 4.68 Å². The van der Waals surface area contributed by atoms with Crippen molar-refractivity contribution in [2.24, 2.45) is 11.8 Å². The number of halogens is 3. The molecule has 0 radical (unpaired) electrons. The number of hydrogen-bond donors (Lipinski definition) is 1. The Labute approximate surface area is 154 Å². The molecule has 1 saturated carbocycles. The lowest BCUT2D eigenvalue weighted by Crippen LogP contribution is -2.28. The molecule has 0 amide bonds. The Kier molecular flexibility index (Phi) is 4.37. The van der Waals surface area contributed by atoms with Gasteiger partial charge in [-0.15, -0.1) is 0 Å². The Morgan fingerprint density at radius 2 is 2.12 bits per heavy atom. The van der Waals surface area contributed by atoms with Crippen LogP contribution >= 0.6 is 11.6 Å². The molecule has 2 aromatic heterocycles. The summed E-state index contributed by atoms with van der Waals surface area (Å²) in [6.45, 7) is 3.21. The maximum atomic E-state index is 13.3. The molecule has 2 fully saturated rings. The number of aromatic nitrogens is 3. The van der Waals surface area contributed by atoms with Gasteiger partial charge in [-0.25, -0.2) is 13.8 Å². The van der Waals surface area contributed by atoms with E-state index in [0.29, 0.717) is 42.8 Å². The fraction of sp³-hybridized carbons (Fsp3) is 0.529. The minimum absolute atomic E-state index is 0.317. The summed E-state index contributed by atoms with van der Waals surface area (Å²) in [7, 11) is 0. The van der Waals surface area contributed by atoms with Crippen LogP contribution in [-0.4, -0.2) is 45.5 Å². The van der Waals surface area contributed by atoms with E-state index in [2.05, 4.69) is 10.1 Å². The molecule has 9 heteroatoms.